The first-order valence-corrected chi connectivity index (χ1v) is 5.02. The Hall–Kier alpha value is -1.83. The Labute approximate surface area is 95.1 Å². The quantitative estimate of drug-likeness (QED) is 0.780. The van der Waals surface area contributed by atoms with Gasteiger partial charge in [0, 0.05) is 19.4 Å². The van der Waals surface area contributed by atoms with E-state index < -0.39 is 0 Å². The lowest BCUT2D eigenvalue weighted by Gasteiger charge is -2.18. The molecule has 1 amide bonds. The van der Waals surface area contributed by atoms with Crippen LogP contribution in [0.25, 0.3) is 0 Å². The lowest BCUT2D eigenvalue weighted by molar-refractivity contribution is -0.114. The van der Waals surface area contributed by atoms with Crippen LogP contribution in [0.3, 0.4) is 0 Å². The van der Waals surface area contributed by atoms with Crippen LogP contribution in [0.5, 0.6) is 0 Å². The van der Waals surface area contributed by atoms with Crippen molar-refractivity contribution in [3.63, 3.8) is 0 Å². The molecule has 0 aliphatic carbocycles. The van der Waals surface area contributed by atoms with Gasteiger partial charge in [-0.3, -0.25) is 9.48 Å². The van der Waals surface area contributed by atoms with Crippen molar-refractivity contribution in [3.8, 4) is 6.07 Å². The largest absolute Gasteiger partial charge is 0.308 e. The van der Waals surface area contributed by atoms with E-state index in [0.29, 0.717) is 11.4 Å². The van der Waals surface area contributed by atoms with E-state index in [9.17, 15) is 4.79 Å². The summed E-state index contributed by atoms with van der Waals surface area (Å²) in [4.78, 5) is 11.0. The Kier molecular flexibility index (Phi) is 3.04. The van der Waals surface area contributed by atoms with E-state index in [2.05, 4.69) is 16.5 Å². The summed E-state index contributed by atoms with van der Waals surface area (Å²) in [5, 5.41) is 15.8. The van der Waals surface area contributed by atoms with E-state index in [-0.39, 0.29) is 11.3 Å². The zero-order valence-corrected chi connectivity index (χ0v) is 10.2. The summed E-state index contributed by atoms with van der Waals surface area (Å²) < 4.78 is 1.64. The second kappa shape index (κ2) is 3.97. The number of aryl methyl sites for hydroxylation is 1. The first-order valence-electron chi connectivity index (χ1n) is 5.02. The highest BCUT2D eigenvalue weighted by atomic mass is 16.1. The Bertz CT molecular complexity index is 460. The van der Waals surface area contributed by atoms with Gasteiger partial charge in [-0.05, 0) is 0 Å². The molecule has 0 aliphatic heterocycles. The number of aromatic nitrogens is 2. The topological polar surface area (TPSA) is 70.7 Å². The minimum Gasteiger partial charge on any atom is -0.308 e. The van der Waals surface area contributed by atoms with Crippen LogP contribution in [0.1, 0.15) is 39.0 Å². The molecule has 0 spiro atoms. The molecule has 0 aromatic carbocycles. The van der Waals surface area contributed by atoms with Crippen molar-refractivity contribution < 1.29 is 4.79 Å². The van der Waals surface area contributed by atoms with Crippen molar-refractivity contribution in [1.29, 1.82) is 5.26 Å². The Morgan fingerprint density at radius 1 is 1.50 bits per heavy atom. The van der Waals surface area contributed by atoms with Crippen molar-refractivity contribution in [2.45, 2.75) is 33.1 Å². The predicted molar refractivity (Wildman–Crippen MR) is 60.9 cm³/mol. The zero-order chi connectivity index (χ0) is 12.5. The summed E-state index contributed by atoms with van der Waals surface area (Å²) in [5.74, 6) is 0.109. The highest BCUT2D eigenvalue weighted by Crippen LogP contribution is 2.29. The van der Waals surface area contributed by atoms with Crippen LogP contribution in [-0.2, 0) is 17.3 Å². The molecule has 1 aromatic heterocycles. The highest BCUT2D eigenvalue weighted by molar-refractivity contribution is 5.89. The number of carbonyl (C=O) groups is 1. The number of nitrogens with one attached hydrogen (secondary N) is 1. The van der Waals surface area contributed by atoms with Crippen molar-refractivity contribution in [1.82, 2.24) is 9.78 Å². The monoisotopic (exact) mass is 220 g/mol. The minimum atomic E-state index is -0.227. The maximum atomic E-state index is 11.0. The average Bonchev–Trinajstić information content (AvgIpc) is 2.39. The zero-order valence-electron chi connectivity index (χ0n) is 10.2. The van der Waals surface area contributed by atoms with E-state index in [1.807, 2.05) is 20.8 Å². The molecule has 86 valence electrons. The molecule has 0 bridgehead atoms. The fourth-order valence-corrected chi connectivity index (χ4v) is 1.74. The number of nitrogens with zero attached hydrogens (tertiary/aromatic N) is 3. The Morgan fingerprint density at radius 3 is 2.44 bits per heavy atom. The van der Waals surface area contributed by atoms with Gasteiger partial charge in [0.25, 0.3) is 0 Å². The van der Waals surface area contributed by atoms with E-state index in [1.165, 1.54) is 6.92 Å². The van der Waals surface area contributed by atoms with E-state index in [1.54, 1.807) is 11.7 Å². The summed E-state index contributed by atoms with van der Waals surface area (Å²) >= 11 is 0. The van der Waals surface area contributed by atoms with Gasteiger partial charge in [0.05, 0.1) is 5.69 Å². The van der Waals surface area contributed by atoms with Gasteiger partial charge in [0.15, 0.2) is 5.82 Å². The molecule has 1 aromatic rings. The fraction of sp³-hybridized carbons (Fsp3) is 0.545. The molecule has 16 heavy (non-hydrogen) atoms. The summed E-state index contributed by atoms with van der Waals surface area (Å²) in [5.41, 5.74) is 1.06. The van der Waals surface area contributed by atoms with Crippen LogP contribution in [0.15, 0.2) is 0 Å². The second-order valence-electron chi connectivity index (χ2n) is 4.74. The predicted octanol–water partition coefficient (Wildman–Crippen LogP) is 1.55. The molecule has 5 nitrogen and oxygen atoms in total. The number of amides is 1. The standard InChI is InChI=1S/C11H16N4O/c1-7(16)13-10-8(6-12)9(11(2,3)4)15(5)14-10/h1-5H3,(H,13,14,16). The molecule has 1 heterocycles. The smallest absolute Gasteiger partial charge is 0.222 e. The molecule has 0 atom stereocenters. The maximum absolute atomic E-state index is 11.0. The van der Waals surface area contributed by atoms with Gasteiger partial charge in [0.1, 0.15) is 11.6 Å². The Morgan fingerprint density at radius 2 is 2.06 bits per heavy atom. The van der Waals surface area contributed by atoms with E-state index in [4.69, 9.17) is 5.26 Å². The summed E-state index contributed by atoms with van der Waals surface area (Å²) in [6.07, 6.45) is 0. The molecular formula is C11H16N4O. The second-order valence-corrected chi connectivity index (χ2v) is 4.74. The SMILES string of the molecule is CC(=O)Nc1nn(C)c(C(C)(C)C)c1C#N. The molecule has 1 N–H and O–H groups in total. The molecule has 5 heteroatoms. The third-order valence-corrected chi connectivity index (χ3v) is 2.16. The lowest BCUT2D eigenvalue weighted by Crippen LogP contribution is -2.18. The number of anilines is 1. The van der Waals surface area contributed by atoms with Crippen molar-refractivity contribution in [3.05, 3.63) is 11.3 Å². The van der Waals surface area contributed by atoms with Gasteiger partial charge in [-0.2, -0.15) is 10.4 Å². The first kappa shape index (κ1) is 12.2. The minimum absolute atomic E-state index is 0.191. The third-order valence-electron chi connectivity index (χ3n) is 2.16. The van der Waals surface area contributed by atoms with Crippen LogP contribution >= 0.6 is 0 Å². The number of hydrogen-bond acceptors (Lipinski definition) is 3. The molecule has 0 unspecified atom stereocenters. The third kappa shape index (κ3) is 2.22. The highest BCUT2D eigenvalue weighted by Gasteiger charge is 2.26. The fourth-order valence-electron chi connectivity index (χ4n) is 1.74. The van der Waals surface area contributed by atoms with Crippen LogP contribution in [0, 0.1) is 11.3 Å². The number of hydrogen-bond donors (Lipinski definition) is 1. The molecule has 1 rings (SSSR count). The molecule has 0 saturated carbocycles. The van der Waals surface area contributed by atoms with Crippen molar-refractivity contribution >= 4 is 11.7 Å². The maximum Gasteiger partial charge on any atom is 0.222 e. The van der Waals surface area contributed by atoms with Crippen LogP contribution in [-0.4, -0.2) is 15.7 Å². The Balaban J connectivity index is 3.37. The van der Waals surface area contributed by atoms with Gasteiger partial charge in [-0.25, -0.2) is 0 Å². The van der Waals surface area contributed by atoms with Gasteiger partial charge < -0.3 is 5.32 Å². The summed E-state index contributed by atoms with van der Waals surface area (Å²) in [6, 6.07) is 2.10. The van der Waals surface area contributed by atoms with Gasteiger partial charge in [0.2, 0.25) is 5.91 Å². The van der Waals surface area contributed by atoms with E-state index in [0.717, 1.165) is 5.69 Å². The number of rotatable bonds is 1. The van der Waals surface area contributed by atoms with Gasteiger partial charge >= 0.3 is 0 Å². The van der Waals surface area contributed by atoms with E-state index >= 15 is 0 Å². The van der Waals surface area contributed by atoms with Crippen LogP contribution < -0.4 is 5.32 Å². The molecule has 0 fully saturated rings. The van der Waals surface area contributed by atoms with Gasteiger partial charge in [-0.1, -0.05) is 20.8 Å². The normalized spacial score (nSPS) is 11.0. The average molecular weight is 220 g/mol. The number of nitriles is 1. The lowest BCUT2D eigenvalue weighted by atomic mass is 9.89. The van der Waals surface area contributed by atoms with Gasteiger partial charge in [-0.15, -0.1) is 0 Å². The molecular weight excluding hydrogens is 204 g/mol. The van der Waals surface area contributed by atoms with Crippen molar-refractivity contribution in [2.24, 2.45) is 7.05 Å². The summed E-state index contributed by atoms with van der Waals surface area (Å²) in [7, 11) is 1.77. The molecule has 0 aliphatic rings. The van der Waals surface area contributed by atoms with Crippen molar-refractivity contribution in [2.75, 3.05) is 5.32 Å². The first-order chi connectivity index (χ1) is 7.27. The van der Waals surface area contributed by atoms with Crippen LogP contribution in [0.4, 0.5) is 5.82 Å². The summed E-state index contributed by atoms with van der Waals surface area (Å²) in [6.45, 7) is 7.40. The number of carbonyl (C=O) groups excluding carboxylic acids is 1. The molecule has 0 saturated heterocycles. The van der Waals surface area contributed by atoms with Crippen LogP contribution in [0.2, 0.25) is 0 Å². The molecule has 0 radical (unpaired) electrons.